The lowest BCUT2D eigenvalue weighted by Gasteiger charge is -2.24. The van der Waals surface area contributed by atoms with Gasteiger partial charge in [0.25, 0.3) is 5.91 Å². The summed E-state index contributed by atoms with van der Waals surface area (Å²) in [7, 11) is 1.58. The first-order valence-electron chi connectivity index (χ1n) is 15.0. The third kappa shape index (κ3) is 8.96. The van der Waals surface area contributed by atoms with Gasteiger partial charge in [-0.2, -0.15) is 0 Å². The molecule has 10 nitrogen and oxygen atoms in total. The second-order valence-corrected chi connectivity index (χ2v) is 11.5. The van der Waals surface area contributed by atoms with Crippen LogP contribution in [-0.2, 0) is 0 Å². The number of carboxylic acid groups (broad SMARTS) is 1. The molecule has 6 rings (SSSR count). The molecule has 2 aromatic heterocycles. The summed E-state index contributed by atoms with van der Waals surface area (Å²) in [4.78, 5) is 29.6. The number of benzene rings is 3. The van der Waals surface area contributed by atoms with Crippen molar-refractivity contribution in [2.75, 3.05) is 32.1 Å². The van der Waals surface area contributed by atoms with Crippen LogP contribution in [0.15, 0.2) is 103 Å². The highest BCUT2D eigenvalue weighted by Crippen LogP contribution is 2.34. The van der Waals surface area contributed by atoms with Gasteiger partial charge >= 0.3 is 5.97 Å². The number of ether oxygens (including phenoxy) is 2. The largest absolute Gasteiger partial charge is 0.493 e. The number of nitrogens with zero attached hydrogens (tertiary/aromatic N) is 4. The normalized spacial score (nSPS) is 13.2. The van der Waals surface area contributed by atoms with Crippen LogP contribution in [-0.4, -0.2) is 63.8 Å². The Morgan fingerprint density at radius 1 is 0.891 bits per heavy atom. The molecule has 1 atom stereocenters. The molecule has 0 spiro atoms. The lowest BCUT2D eigenvalue weighted by atomic mass is 10.1. The number of carboxylic acids is 1. The summed E-state index contributed by atoms with van der Waals surface area (Å²) in [5, 5.41) is 20.6. The average molecular weight is 638 g/mol. The van der Waals surface area contributed by atoms with E-state index in [4.69, 9.17) is 14.6 Å². The van der Waals surface area contributed by atoms with Crippen molar-refractivity contribution >= 4 is 28.3 Å². The van der Waals surface area contributed by atoms with Crippen LogP contribution >= 0.6 is 11.3 Å². The summed E-state index contributed by atoms with van der Waals surface area (Å²) in [6.45, 7) is 3.27. The third-order valence-corrected chi connectivity index (χ3v) is 8.25. The summed E-state index contributed by atoms with van der Waals surface area (Å²) >= 11 is 1.30. The van der Waals surface area contributed by atoms with Crippen LogP contribution in [0.3, 0.4) is 0 Å². The van der Waals surface area contributed by atoms with Crippen molar-refractivity contribution < 1.29 is 24.2 Å². The lowest BCUT2D eigenvalue weighted by Crippen LogP contribution is -2.23. The van der Waals surface area contributed by atoms with Crippen LogP contribution in [0.4, 0.5) is 5.13 Å². The van der Waals surface area contributed by atoms with Crippen LogP contribution in [0.2, 0.25) is 0 Å². The van der Waals surface area contributed by atoms with Gasteiger partial charge < -0.3 is 19.5 Å². The van der Waals surface area contributed by atoms with Gasteiger partial charge in [0, 0.05) is 36.5 Å². The second kappa shape index (κ2) is 16.3. The smallest absolute Gasteiger partial charge is 0.335 e. The highest BCUT2D eigenvalue weighted by atomic mass is 32.1. The van der Waals surface area contributed by atoms with E-state index in [1.54, 1.807) is 68.0 Å². The number of carbonyl (C=O) groups excluding carboxylic acids is 1. The van der Waals surface area contributed by atoms with Crippen molar-refractivity contribution in [2.24, 2.45) is 0 Å². The number of hydrogen-bond acceptors (Lipinski definition) is 9. The summed E-state index contributed by atoms with van der Waals surface area (Å²) in [6.07, 6.45) is 6.65. The number of anilines is 1. The van der Waals surface area contributed by atoms with Crippen molar-refractivity contribution in [3.63, 3.8) is 0 Å². The van der Waals surface area contributed by atoms with E-state index in [9.17, 15) is 9.59 Å². The maximum absolute atomic E-state index is 12.9. The van der Waals surface area contributed by atoms with Crippen LogP contribution in [0, 0.1) is 0 Å². The van der Waals surface area contributed by atoms with Crippen LogP contribution < -0.4 is 14.8 Å². The minimum atomic E-state index is -0.879. The molecule has 2 N–H and O–H groups in total. The molecule has 46 heavy (non-hydrogen) atoms. The minimum Gasteiger partial charge on any atom is -0.493 e. The van der Waals surface area contributed by atoms with Crippen molar-refractivity contribution in [3.05, 3.63) is 120 Å². The van der Waals surface area contributed by atoms with Crippen molar-refractivity contribution in [1.82, 2.24) is 20.1 Å². The first-order chi connectivity index (χ1) is 22.5. The number of rotatable bonds is 11. The van der Waals surface area contributed by atoms with Gasteiger partial charge in [-0.05, 0) is 74.0 Å². The summed E-state index contributed by atoms with van der Waals surface area (Å²) < 4.78 is 12.1. The molecule has 5 aromatic rings. The predicted molar refractivity (Wildman–Crippen MR) is 178 cm³/mol. The SMILES string of the molecule is COc1cc(C(=O)Nc2nnc(-c3ccncc3)s2)ccc1O[C@@H](CCN1CCCC1)c1ccccc1.O=C(O)c1ccccc1. The van der Waals surface area contributed by atoms with E-state index < -0.39 is 5.97 Å². The molecule has 0 radical (unpaired) electrons. The molecule has 1 fully saturated rings. The van der Waals surface area contributed by atoms with Crippen molar-refractivity contribution in [3.8, 4) is 22.1 Å². The Hall–Kier alpha value is -5.13. The number of methoxy groups -OCH3 is 1. The number of aromatic nitrogens is 3. The Morgan fingerprint density at radius 3 is 2.24 bits per heavy atom. The van der Waals surface area contributed by atoms with Gasteiger partial charge in [0.05, 0.1) is 12.7 Å². The standard InChI is InChI=1S/C28H29N5O3S.C7H6O2/c1-35-25-19-22(26(34)30-28-32-31-27(37-28)21-11-14-29-15-12-21)9-10-24(25)36-23(20-7-3-2-4-8-20)13-18-33-16-5-6-17-33;8-7(9)6-4-2-1-3-5-6/h2-4,7-12,14-15,19,23H,5-6,13,16-18H2,1H3,(H,30,32,34);1-5H,(H,8,9)/t23-;/m0./s1. The molecular weight excluding hydrogens is 602 g/mol. The first-order valence-corrected chi connectivity index (χ1v) is 15.8. The predicted octanol–water partition coefficient (Wildman–Crippen LogP) is 6.85. The molecule has 3 aromatic carbocycles. The molecule has 0 aliphatic carbocycles. The van der Waals surface area contributed by atoms with E-state index in [1.807, 2.05) is 30.3 Å². The zero-order valence-electron chi connectivity index (χ0n) is 25.4. The molecule has 11 heteroatoms. The summed E-state index contributed by atoms with van der Waals surface area (Å²) in [5.41, 5.74) is 2.79. The number of nitrogens with one attached hydrogen (secondary N) is 1. The zero-order valence-corrected chi connectivity index (χ0v) is 26.2. The minimum absolute atomic E-state index is 0.122. The van der Waals surface area contributed by atoms with Gasteiger partial charge in [-0.15, -0.1) is 10.2 Å². The first kappa shape index (κ1) is 32.3. The molecule has 0 bridgehead atoms. The number of pyridine rings is 1. The lowest BCUT2D eigenvalue weighted by molar-refractivity contribution is 0.0696. The van der Waals surface area contributed by atoms with E-state index in [-0.39, 0.29) is 12.0 Å². The van der Waals surface area contributed by atoms with Gasteiger partial charge in [0.15, 0.2) is 11.5 Å². The summed E-state index contributed by atoms with van der Waals surface area (Å²) in [5.74, 6) is -0.0683. The van der Waals surface area contributed by atoms with Gasteiger partial charge in [-0.3, -0.25) is 15.1 Å². The third-order valence-electron chi connectivity index (χ3n) is 7.37. The average Bonchev–Trinajstić information content (AvgIpc) is 3.81. The van der Waals surface area contributed by atoms with Crippen LogP contribution in [0.5, 0.6) is 11.5 Å². The molecule has 0 saturated carbocycles. The molecule has 1 aliphatic rings. The van der Waals surface area contributed by atoms with E-state index >= 15 is 0 Å². The van der Waals surface area contributed by atoms with Crippen LogP contribution in [0.1, 0.15) is 51.6 Å². The topological polar surface area (TPSA) is 127 Å². The fourth-order valence-electron chi connectivity index (χ4n) is 4.96. The Bertz CT molecular complexity index is 1700. The zero-order chi connectivity index (χ0) is 32.1. The highest BCUT2D eigenvalue weighted by molar-refractivity contribution is 7.18. The molecule has 1 amide bonds. The fraction of sp³-hybridized carbons (Fsp3) is 0.229. The number of carbonyl (C=O) groups is 2. The second-order valence-electron chi connectivity index (χ2n) is 10.5. The van der Waals surface area contributed by atoms with Crippen molar-refractivity contribution in [2.45, 2.75) is 25.4 Å². The molecule has 0 unspecified atom stereocenters. The van der Waals surface area contributed by atoms with Gasteiger partial charge in [-0.25, -0.2) is 4.79 Å². The van der Waals surface area contributed by atoms with E-state index in [2.05, 4.69) is 37.5 Å². The Morgan fingerprint density at radius 2 is 1.59 bits per heavy atom. The van der Waals surface area contributed by atoms with Crippen LogP contribution in [0.25, 0.3) is 10.6 Å². The van der Waals surface area contributed by atoms with Crippen molar-refractivity contribution in [1.29, 1.82) is 0 Å². The Kier molecular flexibility index (Phi) is 11.4. The fourth-order valence-corrected chi connectivity index (χ4v) is 5.71. The van der Waals surface area contributed by atoms with Gasteiger partial charge in [0.1, 0.15) is 11.1 Å². The number of amides is 1. The molecule has 236 valence electrons. The Labute approximate surface area is 271 Å². The van der Waals surface area contributed by atoms with E-state index in [0.29, 0.717) is 32.8 Å². The molecule has 1 saturated heterocycles. The van der Waals surface area contributed by atoms with Gasteiger partial charge in [-0.1, -0.05) is 59.9 Å². The van der Waals surface area contributed by atoms with Gasteiger partial charge in [0.2, 0.25) is 5.13 Å². The molecular formula is C35H35N5O5S. The molecule has 3 heterocycles. The quantitative estimate of drug-likeness (QED) is 0.160. The number of aromatic carboxylic acids is 1. The number of likely N-dealkylation sites (tertiary alicyclic amines) is 1. The monoisotopic (exact) mass is 637 g/mol. The van der Waals surface area contributed by atoms with E-state index in [0.717, 1.165) is 37.2 Å². The Balaban J connectivity index is 0.000000400. The highest BCUT2D eigenvalue weighted by Gasteiger charge is 2.20. The molecule has 1 aliphatic heterocycles. The number of hydrogen-bond donors (Lipinski definition) is 2. The maximum atomic E-state index is 12.9. The van der Waals surface area contributed by atoms with E-state index in [1.165, 1.54) is 24.2 Å². The summed E-state index contributed by atoms with van der Waals surface area (Å²) in [6, 6.07) is 27.5. The maximum Gasteiger partial charge on any atom is 0.335 e.